The van der Waals surface area contributed by atoms with Crippen LogP contribution in [-0.2, 0) is 14.8 Å². The number of sulfonamides is 1. The molecule has 1 aromatic carbocycles. The zero-order valence-corrected chi connectivity index (χ0v) is 11.9. The van der Waals surface area contributed by atoms with Gasteiger partial charge in [-0.2, -0.15) is 4.31 Å². The van der Waals surface area contributed by atoms with Crippen LogP contribution in [0.2, 0.25) is 0 Å². The molecular weight excluding hydrogens is 262 g/mol. The smallest absolute Gasteiger partial charge is 0.244 e. The van der Waals surface area contributed by atoms with Gasteiger partial charge < -0.3 is 4.74 Å². The Hall–Kier alpha value is -1.35. The summed E-state index contributed by atoms with van der Waals surface area (Å²) in [6, 6.07) is 6.75. The van der Waals surface area contributed by atoms with Crippen molar-refractivity contribution in [2.45, 2.75) is 24.3 Å². The zero-order valence-electron chi connectivity index (χ0n) is 11.1. The fourth-order valence-corrected chi connectivity index (χ4v) is 3.24. The molecule has 102 valence electrons. The lowest BCUT2D eigenvalue weighted by Crippen LogP contribution is -2.38. The molecule has 19 heavy (non-hydrogen) atoms. The van der Waals surface area contributed by atoms with E-state index in [1.165, 1.54) is 4.31 Å². The second-order valence-electron chi connectivity index (χ2n) is 5.03. The van der Waals surface area contributed by atoms with E-state index >= 15 is 0 Å². The van der Waals surface area contributed by atoms with E-state index in [4.69, 9.17) is 11.2 Å². The van der Waals surface area contributed by atoms with Crippen LogP contribution in [0, 0.1) is 19.3 Å². The van der Waals surface area contributed by atoms with Crippen LogP contribution in [0.4, 0.5) is 0 Å². The van der Waals surface area contributed by atoms with E-state index in [1.807, 2.05) is 13.8 Å². The summed E-state index contributed by atoms with van der Waals surface area (Å²) >= 11 is 0. The van der Waals surface area contributed by atoms with Crippen molar-refractivity contribution in [2.24, 2.45) is 0 Å². The molecular formula is C14H17NO3S. The molecule has 0 N–H and O–H groups in total. The van der Waals surface area contributed by atoms with E-state index in [-0.39, 0.29) is 18.0 Å². The van der Waals surface area contributed by atoms with Crippen molar-refractivity contribution in [1.29, 1.82) is 0 Å². The first-order valence-corrected chi connectivity index (χ1v) is 7.46. The molecule has 1 fully saturated rings. The van der Waals surface area contributed by atoms with E-state index in [9.17, 15) is 8.42 Å². The van der Waals surface area contributed by atoms with E-state index < -0.39 is 15.6 Å². The van der Waals surface area contributed by atoms with Crippen molar-refractivity contribution in [3.8, 4) is 12.3 Å². The van der Waals surface area contributed by atoms with E-state index in [2.05, 4.69) is 5.92 Å². The van der Waals surface area contributed by atoms with Crippen LogP contribution < -0.4 is 0 Å². The predicted octanol–water partition coefficient (Wildman–Crippen LogP) is 1.41. The highest BCUT2D eigenvalue weighted by Gasteiger charge is 2.43. The van der Waals surface area contributed by atoms with Crippen LogP contribution in [0.25, 0.3) is 0 Å². The van der Waals surface area contributed by atoms with Crippen LogP contribution in [-0.4, -0.2) is 38.0 Å². The average Bonchev–Trinajstić information content (AvgIpc) is 3.07. The lowest BCUT2D eigenvalue weighted by Gasteiger charge is -2.21. The molecule has 1 aliphatic heterocycles. The minimum Gasteiger partial charge on any atom is -0.368 e. The molecule has 0 saturated carbocycles. The number of rotatable bonds is 5. The Bertz CT molecular complexity index is 595. The van der Waals surface area contributed by atoms with E-state index in [0.717, 1.165) is 5.56 Å². The number of benzene rings is 1. The molecule has 0 radical (unpaired) electrons. The van der Waals surface area contributed by atoms with Crippen molar-refractivity contribution in [3.63, 3.8) is 0 Å². The van der Waals surface area contributed by atoms with Crippen molar-refractivity contribution >= 4 is 10.0 Å². The molecule has 1 unspecified atom stereocenters. The van der Waals surface area contributed by atoms with Gasteiger partial charge in [-0.15, -0.1) is 6.42 Å². The summed E-state index contributed by atoms with van der Waals surface area (Å²) in [6.07, 6.45) is 5.27. The number of hydrogen-bond donors (Lipinski definition) is 0. The highest BCUT2D eigenvalue weighted by atomic mass is 32.2. The summed E-state index contributed by atoms with van der Waals surface area (Å²) < 4.78 is 31.6. The first-order valence-electron chi connectivity index (χ1n) is 6.02. The van der Waals surface area contributed by atoms with Gasteiger partial charge in [-0.1, -0.05) is 23.6 Å². The largest absolute Gasteiger partial charge is 0.368 e. The van der Waals surface area contributed by atoms with Gasteiger partial charge in [0.1, 0.15) is 5.60 Å². The molecule has 1 aliphatic rings. The number of terminal acetylenes is 1. The number of ether oxygens (including phenoxy) is 1. The lowest BCUT2D eigenvalue weighted by atomic mass is 10.2. The normalized spacial score (nSPS) is 22.2. The van der Waals surface area contributed by atoms with Crippen LogP contribution in [0.3, 0.4) is 0 Å². The summed E-state index contributed by atoms with van der Waals surface area (Å²) in [5, 5.41) is 0. The summed E-state index contributed by atoms with van der Waals surface area (Å²) in [5.74, 6) is 2.40. The third-order valence-corrected chi connectivity index (χ3v) is 4.88. The molecule has 0 spiro atoms. The molecule has 2 rings (SSSR count). The number of hydrogen-bond acceptors (Lipinski definition) is 3. The summed E-state index contributed by atoms with van der Waals surface area (Å²) in [6.45, 7) is 4.69. The maximum atomic E-state index is 12.5. The van der Waals surface area contributed by atoms with Crippen molar-refractivity contribution in [2.75, 3.05) is 19.7 Å². The van der Waals surface area contributed by atoms with Gasteiger partial charge in [0.2, 0.25) is 10.0 Å². The van der Waals surface area contributed by atoms with E-state index in [0.29, 0.717) is 6.61 Å². The highest BCUT2D eigenvalue weighted by molar-refractivity contribution is 7.89. The van der Waals surface area contributed by atoms with Gasteiger partial charge in [0.15, 0.2) is 0 Å². The molecule has 0 bridgehead atoms. The number of epoxide rings is 1. The van der Waals surface area contributed by atoms with Crippen molar-refractivity contribution in [1.82, 2.24) is 4.31 Å². The standard InChI is InChI=1S/C14H17NO3S/c1-4-9-15(10-14(3)11-18-14)19(16,17)13-7-5-12(2)6-8-13/h1,5-8H,9-11H2,2-3H3. The van der Waals surface area contributed by atoms with Crippen LogP contribution in [0.1, 0.15) is 12.5 Å². The highest BCUT2D eigenvalue weighted by Crippen LogP contribution is 2.29. The SMILES string of the molecule is C#CCN(CC1(C)CO1)S(=O)(=O)c1ccc(C)cc1. The van der Waals surface area contributed by atoms with Crippen LogP contribution in [0.15, 0.2) is 29.2 Å². The van der Waals surface area contributed by atoms with Gasteiger partial charge in [-0.05, 0) is 26.0 Å². The quantitative estimate of drug-likeness (QED) is 0.605. The van der Waals surface area contributed by atoms with Gasteiger partial charge in [0, 0.05) is 6.54 Å². The minimum absolute atomic E-state index is 0.0508. The Morgan fingerprint density at radius 2 is 2.00 bits per heavy atom. The third-order valence-electron chi connectivity index (χ3n) is 3.07. The molecule has 1 heterocycles. The summed E-state index contributed by atoms with van der Waals surface area (Å²) in [4.78, 5) is 0.262. The summed E-state index contributed by atoms with van der Waals surface area (Å²) in [7, 11) is -3.56. The monoisotopic (exact) mass is 279 g/mol. The van der Waals surface area contributed by atoms with E-state index in [1.54, 1.807) is 24.3 Å². The molecule has 0 amide bonds. The Kier molecular flexibility index (Phi) is 3.68. The topological polar surface area (TPSA) is 49.9 Å². The second kappa shape index (κ2) is 4.97. The zero-order chi connectivity index (χ0) is 14.1. The minimum atomic E-state index is -3.56. The fourth-order valence-electron chi connectivity index (χ4n) is 1.77. The first kappa shape index (κ1) is 14.1. The maximum absolute atomic E-state index is 12.5. The third kappa shape index (κ3) is 3.16. The first-order chi connectivity index (χ1) is 8.87. The molecule has 4 nitrogen and oxygen atoms in total. The van der Waals surface area contributed by atoms with Gasteiger partial charge in [0.05, 0.1) is 18.0 Å². The molecule has 0 aliphatic carbocycles. The van der Waals surface area contributed by atoms with Gasteiger partial charge >= 0.3 is 0 Å². The molecule has 0 aromatic heterocycles. The van der Waals surface area contributed by atoms with Crippen molar-refractivity contribution in [3.05, 3.63) is 29.8 Å². The molecule has 1 saturated heterocycles. The van der Waals surface area contributed by atoms with Crippen LogP contribution >= 0.6 is 0 Å². The Morgan fingerprint density at radius 3 is 2.47 bits per heavy atom. The Labute approximate surface area is 114 Å². The van der Waals surface area contributed by atoms with Gasteiger partial charge in [-0.25, -0.2) is 8.42 Å². The second-order valence-corrected chi connectivity index (χ2v) is 6.97. The van der Waals surface area contributed by atoms with Gasteiger partial charge in [-0.3, -0.25) is 0 Å². The summed E-state index contributed by atoms with van der Waals surface area (Å²) in [5.41, 5.74) is 0.620. The maximum Gasteiger partial charge on any atom is 0.244 e. The Morgan fingerprint density at radius 1 is 1.42 bits per heavy atom. The predicted molar refractivity (Wildman–Crippen MR) is 73.1 cm³/mol. The van der Waals surface area contributed by atoms with Crippen molar-refractivity contribution < 1.29 is 13.2 Å². The average molecular weight is 279 g/mol. The Balaban J connectivity index is 2.28. The number of aryl methyl sites for hydroxylation is 1. The van der Waals surface area contributed by atoms with Crippen LogP contribution in [0.5, 0.6) is 0 Å². The molecule has 5 heteroatoms. The molecule has 1 atom stereocenters. The number of nitrogens with zero attached hydrogens (tertiary/aromatic N) is 1. The molecule has 1 aromatic rings. The lowest BCUT2D eigenvalue weighted by molar-refractivity contribution is 0.274. The van der Waals surface area contributed by atoms with Gasteiger partial charge in [0.25, 0.3) is 0 Å². The fraction of sp³-hybridized carbons (Fsp3) is 0.429.